The molecule has 0 unspecified atom stereocenters. The number of aromatic nitrogens is 2. The summed E-state index contributed by atoms with van der Waals surface area (Å²) in [5, 5.41) is 0. The first-order valence-corrected chi connectivity index (χ1v) is 31.3. The number of imidazole rings is 1. The molecule has 0 aliphatic heterocycles. The van der Waals surface area contributed by atoms with Crippen molar-refractivity contribution >= 4 is 0 Å². The number of aromatic amines is 1. The van der Waals surface area contributed by atoms with E-state index in [9.17, 15) is 0 Å². The van der Waals surface area contributed by atoms with Crippen LogP contribution < -0.4 is 0 Å². The summed E-state index contributed by atoms with van der Waals surface area (Å²) in [6, 6.07) is 0. The van der Waals surface area contributed by atoms with Gasteiger partial charge in [0.1, 0.15) is 0 Å². The normalized spacial score (nSPS) is 11.4. The van der Waals surface area contributed by atoms with Gasteiger partial charge >= 0.3 is 0 Å². The molecule has 0 atom stereocenters. The molecule has 2 heteroatoms. The second-order valence-electron chi connectivity index (χ2n) is 21.6. The van der Waals surface area contributed by atoms with Gasteiger partial charge < -0.3 is 4.98 Å². The maximum absolute atomic E-state index is 3.67. The third-order valence-corrected chi connectivity index (χ3v) is 14.9. The molecule has 0 bridgehead atoms. The Morgan fingerprint density at radius 1 is 0.200 bits per heavy atom. The van der Waals surface area contributed by atoms with Crippen LogP contribution in [-0.4, -0.2) is 9.97 Å². The lowest BCUT2D eigenvalue weighted by molar-refractivity contribution is 0.507. The van der Waals surface area contributed by atoms with Gasteiger partial charge in [-0.3, -0.25) is 0 Å². The van der Waals surface area contributed by atoms with Crippen molar-refractivity contribution in [3.05, 3.63) is 18.7 Å². The van der Waals surface area contributed by atoms with E-state index in [-0.39, 0.29) is 0 Å². The lowest BCUT2D eigenvalue weighted by Crippen LogP contribution is -1.85. The Kier molecular flexibility index (Phi) is 62.4. The first-order chi connectivity index (χ1) is 32.4. The summed E-state index contributed by atoms with van der Waals surface area (Å²) in [6.45, 7) is 4.63. The van der Waals surface area contributed by atoms with Crippen LogP contribution >= 0.6 is 0 Å². The highest BCUT2D eigenvalue weighted by atomic mass is 14.8. The van der Waals surface area contributed by atoms with Crippen molar-refractivity contribution in [3.63, 3.8) is 0 Å². The van der Waals surface area contributed by atoms with Crippen LogP contribution in [-0.2, 0) is 0 Å². The van der Waals surface area contributed by atoms with E-state index in [0.29, 0.717) is 0 Å². The summed E-state index contributed by atoms with van der Waals surface area (Å²) in [5.74, 6) is 0. The van der Waals surface area contributed by atoms with Crippen molar-refractivity contribution in [2.45, 2.75) is 386 Å². The Labute approximate surface area is 413 Å². The highest BCUT2D eigenvalue weighted by molar-refractivity contribution is 4.65. The van der Waals surface area contributed by atoms with Gasteiger partial charge in [0.25, 0.3) is 0 Å². The molecular formula is C63H126N2. The van der Waals surface area contributed by atoms with Crippen molar-refractivity contribution in [3.8, 4) is 0 Å². The molecule has 0 aromatic carbocycles. The summed E-state index contributed by atoms with van der Waals surface area (Å²) in [5.41, 5.74) is 0. The van der Waals surface area contributed by atoms with Crippen LogP contribution in [0, 0.1) is 0 Å². The van der Waals surface area contributed by atoms with Gasteiger partial charge in [-0.2, -0.15) is 0 Å². The van der Waals surface area contributed by atoms with E-state index in [1.165, 1.54) is 372 Å². The maximum Gasteiger partial charge on any atom is 0.0919 e. The predicted octanol–water partition coefficient (Wildman–Crippen LogP) is 24.1. The number of H-pyrrole nitrogens is 1. The number of hydrogen-bond donors (Lipinski definition) is 1. The van der Waals surface area contributed by atoms with E-state index in [1.54, 1.807) is 18.7 Å². The van der Waals surface area contributed by atoms with Gasteiger partial charge in [0.05, 0.1) is 6.33 Å². The molecule has 0 spiro atoms. The Balaban J connectivity index is 0.00000761. The van der Waals surface area contributed by atoms with E-state index in [4.69, 9.17) is 0 Å². The molecule has 388 valence electrons. The van der Waals surface area contributed by atoms with Gasteiger partial charge in [0.2, 0.25) is 0 Å². The second-order valence-corrected chi connectivity index (χ2v) is 21.6. The molecule has 65 heavy (non-hydrogen) atoms. The number of nitrogens with zero attached hydrogens (tertiary/aromatic N) is 1. The average Bonchev–Trinajstić information content (AvgIpc) is 3.92. The Hall–Kier alpha value is -0.790. The lowest BCUT2D eigenvalue weighted by Gasteiger charge is -2.05. The first kappa shape index (κ1) is 64.2. The minimum atomic E-state index is 1.37. The second kappa shape index (κ2) is 63.2. The smallest absolute Gasteiger partial charge is 0.0919 e. The summed E-state index contributed by atoms with van der Waals surface area (Å²) in [6.07, 6.45) is 91.5. The molecule has 0 radical (unpaired) electrons. The molecule has 1 N–H and O–H groups in total. The Morgan fingerprint density at radius 3 is 0.385 bits per heavy atom. The number of nitrogens with one attached hydrogen (secondary N) is 1. The van der Waals surface area contributed by atoms with Gasteiger partial charge in [0, 0.05) is 12.4 Å². The summed E-state index contributed by atoms with van der Waals surface area (Å²) in [4.78, 5) is 6.42. The molecule has 1 aromatic rings. The van der Waals surface area contributed by atoms with E-state index in [2.05, 4.69) is 23.8 Å². The number of unbranched alkanes of at least 4 members (excludes halogenated alkanes) is 57. The van der Waals surface area contributed by atoms with Crippen molar-refractivity contribution in [2.24, 2.45) is 0 Å². The van der Waals surface area contributed by atoms with Crippen LogP contribution in [0.25, 0.3) is 0 Å². The van der Waals surface area contributed by atoms with Crippen molar-refractivity contribution in [2.75, 3.05) is 0 Å². The SMILES string of the molecule is CCCCCCCCCCCCCCCCCCCCCCCCCCCCCCCCCCCCCCCCCCCCCCCCCCCCCCCCCCCC.c1c[nH]cn1. The van der Waals surface area contributed by atoms with E-state index < -0.39 is 0 Å². The Morgan fingerprint density at radius 2 is 0.323 bits per heavy atom. The zero-order valence-corrected chi connectivity index (χ0v) is 45.7. The zero-order valence-electron chi connectivity index (χ0n) is 45.7. The third kappa shape index (κ3) is 63.2. The van der Waals surface area contributed by atoms with Crippen LogP contribution in [0.2, 0.25) is 0 Å². The fourth-order valence-corrected chi connectivity index (χ4v) is 10.3. The van der Waals surface area contributed by atoms with Crippen LogP contribution in [0.3, 0.4) is 0 Å². The standard InChI is InChI=1S/C60H122.C3H4N2/c1-3-5-7-9-11-13-15-17-19-21-23-25-27-29-31-33-35-37-39-41-43-45-47-49-51-53-55-57-59-60-58-56-54-52-50-48-46-44-42-40-38-36-34-32-30-28-26-24-22-20-18-16-14-12-10-8-6-4-2;1-2-5-3-4-1/h3-60H2,1-2H3;1-3H,(H,4,5). The van der Waals surface area contributed by atoms with Gasteiger partial charge in [0.15, 0.2) is 0 Å². The molecule has 0 amide bonds. The zero-order chi connectivity index (χ0) is 46.5. The molecule has 0 saturated carbocycles. The first-order valence-electron chi connectivity index (χ1n) is 31.3. The molecule has 1 heterocycles. The van der Waals surface area contributed by atoms with E-state index in [0.717, 1.165) is 0 Å². The van der Waals surface area contributed by atoms with Crippen molar-refractivity contribution < 1.29 is 0 Å². The molecule has 2 nitrogen and oxygen atoms in total. The summed E-state index contributed by atoms with van der Waals surface area (Å²) >= 11 is 0. The maximum atomic E-state index is 3.67. The van der Waals surface area contributed by atoms with E-state index >= 15 is 0 Å². The fraction of sp³-hybridized carbons (Fsp3) is 0.952. The third-order valence-electron chi connectivity index (χ3n) is 14.9. The van der Waals surface area contributed by atoms with Crippen LogP contribution in [0.1, 0.15) is 386 Å². The molecule has 0 aliphatic carbocycles. The van der Waals surface area contributed by atoms with Gasteiger partial charge in [-0.05, 0) is 0 Å². The highest BCUT2D eigenvalue weighted by Crippen LogP contribution is 2.19. The van der Waals surface area contributed by atoms with Crippen LogP contribution in [0.15, 0.2) is 18.7 Å². The molecule has 0 fully saturated rings. The molecular weight excluding hydrogens is 785 g/mol. The molecule has 0 aliphatic rings. The highest BCUT2D eigenvalue weighted by Gasteiger charge is 2.00. The molecule has 0 saturated heterocycles. The quantitative estimate of drug-likeness (QED) is 0.0648. The fourth-order valence-electron chi connectivity index (χ4n) is 10.3. The van der Waals surface area contributed by atoms with Gasteiger partial charge in [-0.1, -0.05) is 386 Å². The van der Waals surface area contributed by atoms with Gasteiger partial charge in [-0.25, -0.2) is 4.98 Å². The minimum absolute atomic E-state index is 1.37. The van der Waals surface area contributed by atoms with Gasteiger partial charge in [-0.15, -0.1) is 0 Å². The minimum Gasteiger partial charge on any atom is -0.351 e. The summed E-state index contributed by atoms with van der Waals surface area (Å²) in [7, 11) is 0. The predicted molar refractivity (Wildman–Crippen MR) is 298 cm³/mol. The van der Waals surface area contributed by atoms with Crippen molar-refractivity contribution in [1.82, 2.24) is 9.97 Å². The van der Waals surface area contributed by atoms with Crippen molar-refractivity contribution in [1.29, 1.82) is 0 Å². The molecule has 1 rings (SSSR count). The Bertz CT molecular complexity index is 789. The largest absolute Gasteiger partial charge is 0.351 e. The number of rotatable bonds is 57. The lowest BCUT2D eigenvalue weighted by atomic mass is 10.0. The topological polar surface area (TPSA) is 28.7 Å². The average molecular weight is 912 g/mol. The summed E-state index contributed by atoms with van der Waals surface area (Å²) < 4.78 is 0. The monoisotopic (exact) mass is 911 g/mol. The molecule has 1 aromatic heterocycles. The van der Waals surface area contributed by atoms with Crippen LogP contribution in [0.4, 0.5) is 0 Å². The number of hydrogen-bond acceptors (Lipinski definition) is 1. The van der Waals surface area contributed by atoms with E-state index in [1.807, 2.05) is 0 Å². The van der Waals surface area contributed by atoms with Crippen LogP contribution in [0.5, 0.6) is 0 Å².